The molecule has 0 aliphatic carbocycles. The van der Waals surface area contributed by atoms with Crippen LogP contribution in [-0.4, -0.2) is 77.8 Å². The van der Waals surface area contributed by atoms with Crippen molar-refractivity contribution in [3.63, 3.8) is 0 Å². The molecule has 4 rings (SSSR count). The van der Waals surface area contributed by atoms with E-state index in [4.69, 9.17) is 18.9 Å². The minimum absolute atomic E-state index is 0.0493. The van der Waals surface area contributed by atoms with Crippen molar-refractivity contribution in [2.75, 3.05) is 13.2 Å². The highest BCUT2D eigenvalue weighted by molar-refractivity contribution is 7.90. The van der Waals surface area contributed by atoms with Crippen molar-refractivity contribution < 1.29 is 32.5 Å². The number of ether oxygens (including phenoxy) is 4. The fourth-order valence-corrected chi connectivity index (χ4v) is 6.03. The van der Waals surface area contributed by atoms with E-state index < -0.39 is 56.8 Å². The maximum absolute atomic E-state index is 13.0. The fraction of sp³-hybridized carbons (Fsp3) is 1.00. The molecule has 144 valence electrons. The largest absolute Gasteiger partial charge is 0.389 e. The van der Waals surface area contributed by atoms with Crippen molar-refractivity contribution in [1.82, 2.24) is 4.31 Å². The van der Waals surface area contributed by atoms with Crippen molar-refractivity contribution in [3.8, 4) is 0 Å². The molecule has 0 aromatic rings. The number of aliphatic hydroxyl groups is 1. The molecule has 25 heavy (non-hydrogen) atoms. The molecule has 8 nitrogen and oxygen atoms in total. The van der Waals surface area contributed by atoms with Crippen LogP contribution in [0, 0.1) is 0 Å². The van der Waals surface area contributed by atoms with E-state index >= 15 is 0 Å². The molecule has 0 amide bonds. The molecule has 4 heterocycles. The Balaban J connectivity index is 1.72. The molecule has 4 fully saturated rings. The van der Waals surface area contributed by atoms with Crippen LogP contribution in [0.4, 0.5) is 0 Å². The van der Waals surface area contributed by atoms with Gasteiger partial charge in [0.05, 0.1) is 23.5 Å². The molecule has 4 saturated heterocycles. The summed E-state index contributed by atoms with van der Waals surface area (Å²) in [5.41, 5.74) is -0.785. The molecular formula is C16H27NO7S. The number of hydrogen-bond acceptors (Lipinski definition) is 7. The number of sulfonamides is 1. The third-order valence-corrected chi connectivity index (χ3v) is 8.26. The molecule has 0 aromatic heterocycles. The van der Waals surface area contributed by atoms with Gasteiger partial charge in [-0.3, -0.25) is 0 Å². The second-order valence-corrected chi connectivity index (χ2v) is 11.4. The zero-order valence-corrected chi connectivity index (χ0v) is 16.1. The Bertz CT molecular complexity index is 672. The number of piperidine rings is 1. The molecule has 4 aliphatic heterocycles. The van der Waals surface area contributed by atoms with Crippen LogP contribution in [0.15, 0.2) is 0 Å². The Labute approximate surface area is 148 Å². The second-order valence-electron chi connectivity index (χ2n) is 8.78. The van der Waals surface area contributed by atoms with Gasteiger partial charge in [0.1, 0.15) is 17.8 Å². The van der Waals surface area contributed by atoms with Gasteiger partial charge in [-0.2, -0.15) is 4.31 Å². The summed E-state index contributed by atoms with van der Waals surface area (Å²) in [6.07, 6.45) is -2.18. The molecule has 9 heteroatoms. The quantitative estimate of drug-likeness (QED) is 0.697. The van der Waals surface area contributed by atoms with E-state index in [1.54, 1.807) is 20.8 Å². The molecule has 0 spiro atoms. The van der Waals surface area contributed by atoms with Crippen LogP contribution in [0.3, 0.4) is 0 Å². The number of hydrogen-bond donors (Lipinski definition) is 1. The van der Waals surface area contributed by atoms with E-state index in [1.807, 2.05) is 13.8 Å². The first-order valence-electron chi connectivity index (χ1n) is 8.74. The van der Waals surface area contributed by atoms with Crippen molar-refractivity contribution in [1.29, 1.82) is 0 Å². The van der Waals surface area contributed by atoms with E-state index in [0.717, 1.165) is 0 Å². The zero-order valence-electron chi connectivity index (χ0n) is 15.3. The number of rotatable bonds is 1. The first-order valence-corrected chi connectivity index (χ1v) is 10.2. The van der Waals surface area contributed by atoms with Gasteiger partial charge in [-0.05, 0) is 41.0 Å². The molecule has 0 radical (unpaired) electrons. The lowest BCUT2D eigenvalue weighted by molar-refractivity contribution is -0.281. The van der Waals surface area contributed by atoms with Gasteiger partial charge in [0.25, 0.3) is 0 Å². The van der Waals surface area contributed by atoms with E-state index in [0.29, 0.717) is 6.42 Å². The molecule has 1 N–H and O–H groups in total. The molecule has 0 saturated carbocycles. The van der Waals surface area contributed by atoms with Crippen LogP contribution in [0.25, 0.3) is 0 Å². The van der Waals surface area contributed by atoms with Crippen LogP contribution in [0.2, 0.25) is 0 Å². The molecular weight excluding hydrogens is 350 g/mol. The van der Waals surface area contributed by atoms with Crippen LogP contribution in [-0.2, 0) is 29.0 Å². The van der Waals surface area contributed by atoms with Gasteiger partial charge in [-0.1, -0.05) is 0 Å². The topological polar surface area (TPSA) is 94.5 Å². The summed E-state index contributed by atoms with van der Waals surface area (Å²) in [5.74, 6) is -0.779. The number of nitrogens with zero attached hydrogens (tertiary/aromatic N) is 1. The van der Waals surface area contributed by atoms with Gasteiger partial charge in [0.15, 0.2) is 12.1 Å². The predicted molar refractivity (Wildman–Crippen MR) is 87.2 cm³/mol. The first kappa shape index (κ1) is 18.1. The predicted octanol–water partition coefficient (Wildman–Crippen LogP) is 0.195. The van der Waals surface area contributed by atoms with Gasteiger partial charge < -0.3 is 24.1 Å². The minimum Gasteiger partial charge on any atom is -0.389 e. The van der Waals surface area contributed by atoms with Crippen molar-refractivity contribution in [2.24, 2.45) is 0 Å². The normalized spacial score (nSPS) is 46.7. The average molecular weight is 377 g/mol. The van der Waals surface area contributed by atoms with Gasteiger partial charge in [-0.15, -0.1) is 0 Å². The highest BCUT2D eigenvalue weighted by Gasteiger charge is 2.71. The Morgan fingerprint density at radius 3 is 2.48 bits per heavy atom. The summed E-state index contributed by atoms with van der Waals surface area (Å²) < 4.78 is 50.4. The minimum atomic E-state index is -3.62. The molecule has 4 aliphatic rings. The lowest BCUT2D eigenvalue weighted by Crippen LogP contribution is -2.73. The highest BCUT2D eigenvalue weighted by atomic mass is 32.2. The highest BCUT2D eigenvalue weighted by Crippen LogP contribution is 2.53. The molecule has 2 bridgehead atoms. The van der Waals surface area contributed by atoms with E-state index in [1.165, 1.54) is 4.31 Å². The van der Waals surface area contributed by atoms with E-state index in [2.05, 4.69) is 0 Å². The fourth-order valence-electron chi connectivity index (χ4n) is 4.42. The SMILES string of the molecule is CC1(C)O[C@H]2O[C@@H]3[C@H]4[C@@H](O)CO[C@@]3(CCN4S(=O)(=O)C(C)(C)C)[C@H]2O1. The third-order valence-electron chi connectivity index (χ3n) is 5.67. The van der Waals surface area contributed by atoms with Gasteiger partial charge in [0, 0.05) is 6.54 Å². The monoisotopic (exact) mass is 377 g/mol. The van der Waals surface area contributed by atoms with Crippen LogP contribution in [0.5, 0.6) is 0 Å². The second kappa shape index (κ2) is 5.15. The van der Waals surface area contributed by atoms with Crippen LogP contribution in [0.1, 0.15) is 41.0 Å². The zero-order chi connectivity index (χ0) is 18.4. The van der Waals surface area contributed by atoms with Crippen LogP contribution < -0.4 is 0 Å². The van der Waals surface area contributed by atoms with Gasteiger partial charge in [-0.25, -0.2) is 8.42 Å². The summed E-state index contributed by atoms with van der Waals surface area (Å²) in [7, 11) is -3.62. The van der Waals surface area contributed by atoms with Gasteiger partial charge >= 0.3 is 0 Å². The summed E-state index contributed by atoms with van der Waals surface area (Å²) in [5, 5.41) is 10.5. The average Bonchev–Trinajstić information content (AvgIpc) is 2.92. The Morgan fingerprint density at radius 1 is 1.16 bits per heavy atom. The molecule has 6 atom stereocenters. The third kappa shape index (κ3) is 2.37. The van der Waals surface area contributed by atoms with Crippen molar-refractivity contribution in [2.45, 2.75) is 87.8 Å². The summed E-state index contributed by atoms with van der Waals surface area (Å²) in [6, 6.07) is -0.701. The summed E-state index contributed by atoms with van der Waals surface area (Å²) in [6.45, 7) is 8.92. The van der Waals surface area contributed by atoms with Crippen molar-refractivity contribution in [3.05, 3.63) is 0 Å². The smallest absolute Gasteiger partial charge is 0.219 e. The summed E-state index contributed by atoms with van der Waals surface area (Å²) >= 11 is 0. The van der Waals surface area contributed by atoms with Crippen LogP contribution >= 0.6 is 0 Å². The summed E-state index contributed by atoms with van der Waals surface area (Å²) in [4.78, 5) is 0. The van der Waals surface area contributed by atoms with E-state index in [9.17, 15) is 13.5 Å². The molecule has 0 aromatic carbocycles. The Morgan fingerprint density at radius 2 is 1.84 bits per heavy atom. The van der Waals surface area contributed by atoms with Gasteiger partial charge in [0.2, 0.25) is 10.0 Å². The Hall–Kier alpha value is -0.290. The maximum Gasteiger partial charge on any atom is 0.219 e. The standard InChI is InChI=1S/C16H27NO7S/c1-14(2,3)25(19,20)17-7-6-16-11(10(17)9(18)8-21-16)22-13-12(16)23-15(4,5)24-13/h9-13,18H,6-8H2,1-5H3/t9-,10+,11+,12-,13+,16+/m0/s1. The molecule has 0 unspecified atom stereocenters. The maximum atomic E-state index is 13.0. The first-order chi connectivity index (χ1) is 11.4. The lowest BCUT2D eigenvalue weighted by atomic mass is 9.78. The number of fused-ring (bicyclic) bond motifs is 1. The van der Waals surface area contributed by atoms with Crippen molar-refractivity contribution >= 4 is 10.0 Å². The number of aliphatic hydroxyl groups excluding tert-OH is 1. The van der Waals surface area contributed by atoms with E-state index in [-0.39, 0.29) is 13.2 Å². The Kier molecular flexibility index (Phi) is 3.73. The lowest BCUT2D eigenvalue weighted by Gasteiger charge is -2.54.